The second-order valence-electron chi connectivity index (χ2n) is 3.96. The predicted octanol–water partition coefficient (Wildman–Crippen LogP) is 1.29. The molecule has 0 atom stereocenters. The summed E-state index contributed by atoms with van der Waals surface area (Å²) in [5, 5.41) is 18.5. The van der Waals surface area contributed by atoms with Crippen molar-refractivity contribution in [3.8, 4) is 11.8 Å². The van der Waals surface area contributed by atoms with Crippen LogP contribution in [0.4, 0.5) is 0 Å². The molecule has 0 bridgehead atoms. The van der Waals surface area contributed by atoms with Crippen LogP contribution in [0.2, 0.25) is 0 Å². The molecule has 0 radical (unpaired) electrons. The molecule has 0 fully saturated rings. The van der Waals surface area contributed by atoms with Crippen molar-refractivity contribution in [1.29, 1.82) is 0 Å². The van der Waals surface area contributed by atoms with Crippen LogP contribution >= 0.6 is 0 Å². The summed E-state index contributed by atoms with van der Waals surface area (Å²) in [6.07, 6.45) is 0.606. The summed E-state index contributed by atoms with van der Waals surface area (Å²) in [5.74, 6) is -1.13. The summed E-state index contributed by atoms with van der Waals surface area (Å²) in [5.41, 5.74) is -0.650. The van der Waals surface area contributed by atoms with Crippen LogP contribution < -0.4 is 4.84 Å². The Kier molecular flexibility index (Phi) is 2.93. The minimum absolute atomic E-state index is 0.312. The van der Waals surface area contributed by atoms with E-state index in [1.807, 2.05) is 6.92 Å². The van der Waals surface area contributed by atoms with Crippen LogP contribution in [0.3, 0.4) is 0 Å². The maximum Gasteiger partial charge on any atom is 0.338 e. The van der Waals surface area contributed by atoms with Crippen molar-refractivity contribution in [3.05, 3.63) is 12.1 Å². The number of hydrogen-bond acceptors (Lipinski definition) is 4. The first-order chi connectivity index (χ1) is 6.88. The Labute approximate surface area is 87.9 Å². The largest absolute Gasteiger partial charge is 0.492 e. The molecule has 2 N–H and O–H groups in total. The lowest BCUT2D eigenvalue weighted by atomic mass is 9.91. The van der Waals surface area contributed by atoms with E-state index in [0.29, 0.717) is 11.2 Å². The molecular formula is C10H15NO4. The summed E-state index contributed by atoms with van der Waals surface area (Å²) in [6.45, 7) is 5.32. The Hall–Kier alpha value is -1.65. The molecule has 1 rings (SSSR count). The van der Waals surface area contributed by atoms with Crippen LogP contribution in [0.15, 0.2) is 12.1 Å². The normalized spacial score (nSPS) is 11.4. The fraction of sp³-hybridized carbons (Fsp3) is 0.500. The van der Waals surface area contributed by atoms with Gasteiger partial charge in [0.15, 0.2) is 0 Å². The van der Waals surface area contributed by atoms with Crippen LogP contribution in [0, 0.1) is 5.41 Å². The van der Waals surface area contributed by atoms with E-state index in [1.54, 1.807) is 13.8 Å². The van der Waals surface area contributed by atoms with E-state index in [-0.39, 0.29) is 11.8 Å². The van der Waals surface area contributed by atoms with Crippen LogP contribution in [0.1, 0.15) is 27.2 Å². The smallest absolute Gasteiger partial charge is 0.338 e. The molecule has 1 heterocycles. The van der Waals surface area contributed by atoms with Crippen molar-refractivity contribution < 1.29 is 19.8 Å². The van der Waals surface area contributed by atoms with Crippen LogP contribution in [-0.4, -0.2) is 20.9 Å². The van der Waals surface area contributed by atoms with Gasteiger partial charge >= 0.3 is 5.97 Å². The third kappa shape index (κ3) is 2.23. The van der Waals surface area contributed by atoms with Gasteiger partial charge in [-0.1, -0.05) is 6.92 Å². The minimum atomic E-state index is -0.650. The van der Waals surface area contributed by atoms with Crippen molar-refractivity contribution in [2.75, 3.05) is 0 Å². The number of aromatic nitrogens is 1. The summed E-state index contributed by atoms with van der Waals surface area (Å²) >= 11 is 0. The van der Waals surface area contributed by atoms with Gasteiger partial charge in [-0.15, -0.1) is 4.73 Å². The average Bonchev–Trinajstić information content (AvgIpc) is 2.49. The van der Waals surface area contributed by atoms with Gasteiger partial charge in [0.1, 0.15) is 0 Å². The Morgan fingerprint density at radius 1 is 1.40 bits per heavy atom. The highest BCUT2D eigenvalue weighted by Gasteiger charge is 2.29. The maximum absolute atomic E-state index is 11.6. The first kappa shape index (κ1) is 11.4. The van der Waals surface area contributed by atoms with Crippen LogP contribution in [0.5, 0.6) is 11.8 Å². The van der Waals surface area contributed by atoms with Crippen LogP contribution in [0.25, 0.3) is 0 Å². The SMILES string of the molecule is CCC(C)(C)C(=O)On1c(O)ccc1O. The van der Waals surface area contributed by atoms with Crippen molar-refractivity contribution in [1.82, 2.24) is 4.73 Å². The molecule has 0 amide bonds. The average molecular weight is 213 g/mol. The lowest BCUT2D eigenvalue weighted by Gasteiger charge is -2.20. The van der Waals surface area contributed by atoms with Gasteiger partial charge in [0.05, 0.1) is 5.41 Å². The highest BCUT2D eigenvalue weighted by atomic mass is 16.7. The molecule has 1 aromatic rings. The van der Waals surface area contributed by atoms with E-state index in [4.69, 9.17) is 4.84 Å². The Morgan fingerprint density at radius 3 is 2.27 bits per heavy atom. The highest BCUT2D eigenvalue weighted by molar-refractivity contribution is 5.76. The van der Waals surface area contributed by atoms with Gasteiger partial charge in [0.25, 0.3) is 0 Å². The van der Waals surface area contributed by atoms with E-state index in [2.05, 4.69) is 0 Å². The molecule has 5 nitrogen and oxygen atoms in total. The molecule has 5 heteroatoms. The van der Waals surface area contributed by atoms with E-state index < -0.39 is 11.4 Å². The summed E-state index contributed by atoms with van der Waals surface area (Å²) in [4.78, 5) is 16.5. The number of aromatic hydroxyl groups is 2. The molecule has 84 valence electrons. The Balaban J connectivity index is 2.84. The molecule has 0 saturated heterocycles. The number of rotatable bonds is 3. The molecule has 0 aromatic carbocycles. The van der Waals surface area contributed by atoms with E-state index in [0.717, 1.165) is 0 Å². The third-order valence-electron chi connectivity index (χ3n) is 2.41. The topological polar surface area (TPSA) is 71.7 Å². The monoisotopic (exact) mass is 213 g/mol. The lowest BCUT2D eigenvalue weighted by Crippen LogP contribution is -2.32. The van der Waals surface area contributed by atoms with Crippen molar-refractivity contribution in [2.45, 2.75) is 27.2 Å². The Morgan fingerprint density at radius 2 is 1.87 bits per heavy atom. The van der Waals surface area contributed by atoms with Gasteiger partial charge in [-0.25, -0.2) is 4.79 Å². The van der Waals surface area contributed by atoms with Gasteiger partial charge in [-0.3, -0.25) is 0 Å². The summed E-state index contributed by atoms with van der Waals surface area (Å²) < 4.78 is 0.694. The molecule has 0 aliphatic heterocycles. The molecule has 0 aliphatic carbocycles. The number of carbonyl (C=O) groups excluding carboxylic acids is 1. The van der Waals surface area contributed by atoms with E-state index in [9.17, 15) is 15.0 Å². The van der Waals surface area contributed by atoms with Gasteiger partial charge in [-0.2, -0.15) is 0 Å². The van der Waals surface area contributed by atoms with E-state index >= 15 is 0 Å². The summed E-state index contributed by atoms with van der Waals surface area (Å²) in [6, 6.07) is 2.48. The second-order valence-corrected chi connectivity index (χ2v) is 3.96. The van der Waals surface area contributed by atoms with Crippen molar-refractivity contribution in [3.63, 3.8) is 0 Å². The first-order valence-electron chi connectivity index (χ1n) is 4.71. The van der Waals surface area contributed by atoms with Gasteiger partial charge < -0.3 is 15.1 Å². The zero-order valence-corrected chi connectivity index (χ0v) is 9.02. The Bertz CT molecular complexity index is 348. The van der Waals surface area contributed by atoms with Gasteiger partial charge in [-0.05, 0) is 20.3 Å². The zero-order valence-electron chi connectivity index (χ0n) is 9.02. The summed E-state index contributed by atoms with van der Waals surface area (Å²) in [7, 11) is 0. The molecule has 0 aliphatic rings. The minimum Gasteiger partial charge on any atom is -0.492 e. The second kappa shape index (κ2) is 3.84. The molecule has 0 saturated carbocycles. The van der Waals surface area contributed by atoms with Gasteiger partial charge in [0.2, 0.25) is 11.8 Å². The number of hydrogen-bond donors (Lipinski definition) is 2. The number of nitrogens with zero attached hydrogens (tertiary/aromatic N) is 1. The molecule has 0 unspecified atom stereocenters. The van der Waals surface area contributed by atoms with Crippen molar-refractivity contribution >= 4 is 5.97 Å². The fourth-order valence-corrected chi connectivity index (χ4v) is 0.846. The van der Waals surface area contributed by atoms with Crippen molar-refractivity contribution in [2.24, 2.45) is 5.41 Å². The predicted molar refractivity (Wildman–Crippen MR) is 53.4 cm³/mol. The molecule has 0 spiro atoms. The quantitative estimate of drug-likeness (QED) is 0.793. The van der Waals surface area contributed by atoms with Crippen LogP contribution in [-0.2, 0) is 4.79 Å². The number of carbonyl (C=O) groups is 1. The van der Waals surface area contributed by atoms with Gasteiger partial charge in [0, 0.05) is 12.1 Å². The third-order valence-corrected chi connectivity index (χ3v) is 2.41. The fourth-order valence-electron chi connectivity index (χ4n) is 0.846. The lowest BCUT2D eigenvalue weighted by molar-refractivity contribution is -0.155. The molecule has 1 aromatic heterocycles. The zero-order chi connectivity index (χ0) is 11.6. The first-order valence-corrected chi connectivity index (χ1v) is 4.71. The highest BCUT2D eigenvalue weighted by Crippen LogP contribution is 2.24. The molecule has 15 heavy (non-hydrogen) atoms. The molecular weight excluding hydrogens is 198 g/mol. The maximum atomic E-state index is 11.6. The van der Waals surface area contributed by atoms with E-state index in [1.165, 1.54) is 12.1 Å². The standard InChI is InChI=1S/C10H15NO4/c1-4-10(2,3)9(14)15-11-7(12)5-6-8(11)13/h5-6,12-13H,4H2,1-3H3.